The van der Waals surface area contributed by atoms with Crippen molar-refractivity contribution in [3.8, 4) is 5.75 Å². The number of ether oxygens (including phenoxy) is 1. The van der Waals surface area contributed by atoms with Crippen molar-refractivity contribution in [2.75, 3.05) is 6.61 Å². The molecule has 1 aromatic carbocycles. The number of nitrogens with one attached hydrogen (secondary N) is 2. The number of carbonyl (C=O) groups is 2. The lowest BCUT2D eigenvalue weighted by molar-refractivity contribution is -0.123. The second-order valence-electron chi connectivity index (χ2n) is 7.61. The van der Waals surface area contributed by atoms with Crippen molar-refractivity contribution < 1.29 is 18.7 Å². The van der Waals surface area contributed by atoms with E-state index in [-0.39, 0.29) is 41.2 Å². The molecule has 3 unspecified atom stereocenters. The summed E-state index contributed by atoms with van der Waals surface area (Å²) in [7, 11) is 0. The molecule has 0 bridgehead atoms. The van der Waals surface area contributed by atoms with Crippen LogP contribution in [0.25, 0.3) is 5.52 Å². The van der Waals surface area contributed by atoms with E-state index in [2.05, 4.69) is 20.7 Å². The Balaban J connectivity index is 1.18. The molecule has 2 fully saturated rings. The Kier molecular flexibility index (Phi) is 4.18. The summed E-state index contributed by atoms with van der Waals surface area (Å²) < 4.78 is 20.3. The minimum atomic E-state index is -0.614. The fourth-order valence-electron chi connectivity index (χ4n) is 3.78. The third-order valence-corrected chi connectivity index (χ3v) is 5.86. The number of aryl methyl sites for hydroxylation is 1. The van der Waals surface area contributed by atoms with Gasteiger partial charge in [0, 0.05) is 24.4 Å². The zero-order valence-electron chi connectivity index (χ0n) is 15.9. The highest BCUT2D eigenvalue weighted by atomic mass is 35.5. The first-order valence-electron chi connectivity index (χ1n) is 9.38. The van der Waals surface area contributed by atoms with Crippen molar-refractivity contribution in [3.63, 3.8) is 0 Å². The molecule has 30 heavy (non-hydrogen) atoms. The van der Waals surface area contributed by atoms with E-state index in [1.54, 1.807) is 16.8 Å². The average molecular weight is 430 g/mol. The Morgan fingerprint density at radius 3 is 3.00 bits per heavy atom. The highest BCUT2D eigenvalue weighted by Gasteiger charge is 2.80. The van der Waals surface area contributed by atoms with Gasteiger partial charge in [0.2, 0.25) is 0 Å². The Labute approximate surface area is 175 Å². The van der Waals surface area contributed by atoms with Crippen molar-refractivity contribution >= 4 is 28.9 Å². The van der Waals surface area contributed by atoms with Crippen LogP contribution in [-0.4, -0.2) is 44.6 Å². The number of amides is 2. The number of carbonyl (C=O) groups excluding carboxylic acids is 2. The first-order chi connectivity index (χ1) is 14.4. The maximum atomic E-state index is 13.4. The van der Waals surface area contributed by atoms with Crippen molar-refractivity contribution in [3.05, 3.63) is 58.9 Å². The van der Waals surface area contributed by atoms with Crippen LogP contribution in [0.4, 0.5) is 4.39 Å². The molecule has 2 N–H and O–H groups in total. The van der Waals surface area contributed by atoms with Crippen molar-refractivity contribution in [1.29, 1.82) is 0 Å². The summed E-state index contributed by atoms with van der Waals surface area (Å²) in [5, 5.41) is 10.1. The van der Waals surface area contributed by atoms with Crippen LogP contribution in [0.15, 0.2) is 36.7 Å². The highest BCUT2D eigenvalue weighted by molar-refractivity contribution is 6.30. The first kappa shape index (κ1) is 18.8. The topological polar surface area (TPSA) is 97.6 Å². The van der Waals surface area contributed by atoms with E-state index in [0.717, 1.165) is 18.2 Å². The summed E-state index contributed by atoms with van der Waals surface area (Å²) in [5.41, 5.74) is 1.29. The number of benzene rings is 1. The fraction of sp³-hybridized carbons (Fsp3) is 0.300. The summed E-state index contributed by atoms with van der Waals surface area (Å²) in [6, 6.07) is 5.62. The SMILES string of the molecule is Cc1cc2c(C(=O)NC34CC3C4NC(=O)COc3ccc(Cl)c(F)c3)nccn2n1. The second kappa shape index (κ2) is 6.66. The Morgan fingerprint density at radius 1 is 1.40 bits per heavy atom. The number of rotatable bonds is 6. The third-order valence-electron chi connectivity index (χ3n) is 5.56. The lowest BCUT2D eigenvalue weighted by Crippen LogP contribution is -2.44. The molecule has 2 saturated carbocycles. The molecule has 0 aliphatic heterocycles. The number of fused-ring (bicyclic) bond motifs is 2. The number of halogens is 2. The molecule has 154 valence electrons. The van der Waals surface area contributed by atoms with Gasteiger partial charge in [0.1, 0.15) is 11.6 Å². The quantitative estimate of drug-likeness (QED) is 0.623. The number of aromatic nitrogens is 3. The minimum Gasteiger partial charge on any atom is -0.484 e. The van der Waals surface area contributed by atoms with Crippen molar-refractivity contribution in [2.45, 2.75) is 24.9 Å². The van der Waals surface area contributed by atoms with Gasteiger partial charge in [-0.2, -0.15) is 5.10 Å². The molecule has 5 rings (SSSR count). The van der Waals surface area contributed by atoms with E-state index in [0.29, 0.717) is 11.2 Å². The summed E-state index contributed by atoms with van der Waals surface area (Å²) in [4.78, 5) is 29.1. The Hall–Kier alpha value is -3.20. The van der Waals surface area contributed by atoms with Gasteiger partial charge in [0.25, 0.3) is 11.8 Å². The van der Waals surface area contributed by atoms with Crippen LogP contribution >= 0.6 is 11.6 Å². The van der Waals surface area contributed by atoms with Crippen molar-refractivity contribution in [2.24, 2.45) is 5.92 Å². The molecule has 3 atom stereocenters. The molecular weight excluding hydrogens is 413 g/mol. The number of nitrogens with zero attached hydrogens (tertiary/aromatic N) is 3. The van der Waals surface area contributed by atoms with E-state index >= 15 is 0 Å². The highest BCUT2D eigenvalue weighted by Crippen LogP contribution is 2.66. The standard InChI is InChI=1S/C20H17ClFN5O3/c1-10-6-15-17(23-4-5-27(15)26-10)19(29)25-20-8-12(20)18(20)24-16(28)9-30-11-2-3-13(21)14(22)7-11/h2-7,12,18H,8-9H2,1H3,(H,24,28)(H,25,29). The minimum absolute atomic E-state index is 0.0150. The summed E-state index contributed by atoms with van der Waals surface area (Å²) in [6.07, 6.45) is 4.01. The number of hydrogen-bond donors (Lipinski definition) is 2. The van der Waals surface area contributed by atoms with Gasteiger partial charge in [-0.3, -0.25) is 9.59 Å². The normalized spacial score (nSPS) is 23.6. The average Bonchev–Trinajstić information content (AvgIpc) is 3.51. The molecule has 2 heterocycles. The van der Waals surface area contributed by atoms with Crippen LogP contribution in [0, 0.1) is 18.7 Å². The Morgan fingerprint density at radius 2 is 2.23 bits per heavy atom. The lowest BCUT2D eigenvalue weighted by atomic mass is 10.2. The molecule has 2 aliphatic rings. The van der Waals surface area contributed by atoms with E-state index in [1.807, 2.05) is 6.92 Å². The van der Waals surface area contributed by atoms with Gasteiger partial charge in [-0.15, -0.1) is 0 Å². The first-order valence-corrected chi connectivity index (χ1v) is 9.76. The molecule has 8 nitrogen and oxygen atoms in total. The maximum Gasteiger partial charge on any atom is 0.272 e. The van der Waals surface area contributed by atoms with Gasteiger partial charge in [-0.25, -0.2) is 13.9 Å². The number of hydrogen-bond acceptors (Lipinski definition) is 5. The van der Waals surface area contributed by atoms with Crippen LogP contribution in [0.2, 0.25) is 5.02 Å². The van der Waals surface area contributed by atoms with Crippen LogP contribution in [0.5, 0.6) is 5.75 Å². The van der Waals surface area contributed by atoms with Crippen molar-refractivity contribution in [1.82, 2.24) is 25.2 Å². The van der Waals surface area contributed by atoms with Gasteiger partial charge in [-0.05, 0) is 31.5 Å². The van der Waals surface area contributed by atoms with Crippen LogP contribution in [0.3, 0.4) is 0 Å². The van der Waals surface area contributed by atoms with Crippen LogP contribution in [-0.2, 0) is 4.79 Å². The third kappa shape index (κ3) is 3.15. The molecule has 10 heteroatoms. The predicted molar refractivity (Wildman–Crippen MR) is 105 cm³/mol. The molecule has 0 saturated heterocycles. The van der Waals surface area contributed by atoms with Gasteiger partial charge in [-0.1, -0.05) is 11.6 Å². The van der Waals surface area contributed by atoms with E-state index < -0.39 is 11.4 Å². The zero-order chi connectivity index (χ0) is 21.0. The molecule has 0 spiro atoms. The van der Waals surface area contributed by atoms with E-state index in [1.165, 1.54) is 18.3 Å². The molecule has 2 aromatic heterocycles. The van der Waals surface area contributed by atoms with Crippen LogP contribution < -0.4 is 15.4 Å². The molecule has 3 aromatic rings. The summed E-state index contributed by atoms with van der Waals surface area (Å²) >= 11 is 5.62. The second-order valence-corrected chi connectivity index (χ2v) is 8.01. The maximum absolute atomic E-state index is 13.4. The monoisotopic (exact) mass is 429 g/mol. The lowest BCUT2D eigenvalue weighted by Gasteiger charge is -2.15. The molecule has 2 aliphatic carbocycles. The van der Waals surface area contributed by atoms with E-state index in [4.69, 9.17) is 16.3 Å². The van der Waals surface area contributed by atoms with Gasteiger partial charge in [0.05, 0.1) is 27.8 Å². The van der Waals surface area contributed by atoms with Gasteiger partial charge >= 0.3 is 0 Å². The fourth-order valence-corrected chi connectivity index (χ4v) is 3.90. The van der Waals surface area contributed by atoms with Gasteiger partial charge in [0.15, 0.2) is 12.3 Å². The van der Waals surface area contributed by atoms with Gasteiger partial charge < -0.3 is 15.4 Å². The molecule has 0 radical (unpaired) electrons. The Bertz CT molecular complexity index is 1200. The summed E-state index contributed by atoms with van der Waals surface area (Å²) in [6.45, 7) is 1.58. The van der Waals surface area contributed by atoms with E-state index in [9.17, 15) is 14.0 Å². The summed E-state index contributed by atoms with van der Waals surface area (Å²) in [5.74, 6) is -0.844. The largest absolute Gasteiger partial charge is 0.484 e. The predicted octanol–water partition coefficient (Wildman–Crippen LogP) is 1.90. The zero-order valence-corrected chi connectivity index (χ0v) is 16.6. The smallest absolute Gasteiger partial charge is 0.272 e. The van der Waals surface area contributed by atoms with Crippen LogP contribution in [0.1, 0.15) is 22.6 Å². The molecular formula is C20H17ClFN5O3. The molecule has 2 amide bonds.